The van der Waals surface area contributed by atoms with Crippen molar-refractivity contribution < 1.29 is 9.28 Å². The Morgan fingerprint density at radius 3 is 1.86 bits per heavy atom. The molecule has 0 N–H and O–H groups in total. The smallest absolute Gasteiger partial charge is 0.191 e. The van der Waals surface area contributed by atoms with Gasteiger partial charge in [-0.2, -0.15) is 0 Å². The first-order valence-corrected chi connectivity index (χ1v) is 8.23. The number of carbonyl (C=O) groups excluding carboxylic acids is 1. The Hall–Kier alpha value is -1.41. The summed E-state index contributed by atoms with van der Waals surface area (Å²) in [5.41, 5.74) is 1.96. The number of nitrogens with zero attached hydrogens (tertiary/aromatic N) is 1. The fraction of sp³-hybridized carbons (Fsp3) is 0.526. The third-order valence-electron chi connectivity index (χ3n) is 3.89. The molecule has 116 valence electrons. The van der Waals surface area contributed by atoms with Crippen molar-refractivity contribution in [1.29, 1.82) is 0 Å². The first kappa shape index (κ1) is 17.6. The lowest BCUT2D eigenvalue weighted by Crippen LogP contribution is -2.44. The van der Waals surface area contributed by atoms with Gasteiger partial charge in [0.1, 0.15) is 0 Å². The Labute approximate surface area is 130 Å². The molecule has 0 fully saturated rings. The van der Waals surface area contributed by atoms with Gasteiger partial charge >= 0.3 is 0 Å². The number of aryl methyl sites for hydroxylation is 1. The number of quaternary nitrogens is 1. The monoisotopic (exact) mass is 288 g/mol. The molecule has 0 aliphatic carbocycles. The molecule has 0 saturated heterocycles. The van der Waals surface area contributed by atoms with Crippen LogP contribution in [0, 0.1) is 6.92 Å². The van der Waals surface area contributed by atoms with Crippen molar-refractivity contribution in [2.75, 3.05) is 19.6 Å². The molecule has 0 heterocycles. The van der Waals surface area contributed by atoms with E-state index >= 15 is 0 Å². The van der Waals surface area contributed by atoms with Crippen LogP contribution in [0.3, 0.4) is 0 Å². The van der Waals surface area contributed by atoms with Gasteiger partial charge in [-0.05, 0) is 26.2 Å². The average molecular weight is 288 g/mol. The Bertz CT molecular complexity index is 442. The molecule has 0 saturated carbocycles. The van der Waals surface area contributed by atoms with Gasteiger partial charge in [0.15, 0.2) is 5.78 Å². The minimum Gasteiger partial charge on any atom is -0.297 e. The normalized spacial score (nSPS) is 12.0. The Kier molecular flexibility index (Phi) is 7.38. The summed E-state index contributed by atoms with van der Waals surface area (Å²) in [5.74, 6) is 0.112. The molecule has 0 aliphatic rings. The number of carbonyl (C=O) groups is 1. The molecule has 0 aliphatic heterocycles. The zero-order chi connectivity index (χ0) is 15.7. The molecule has 0 radical (unpaired) electrons. The van der Waals surface area contributed by atoms with Crippen LogP contribution in [0.25, 0.3) is 0 Å². The molecule has 0 atom stereocenters. The summed E-state index contributed by atoms with van der Waals surface area (Å²) in [6, 6.07) is 7.81. The van der Waals surface area contributed by atoms with E-state index in [9.17, 15) is 4.79 Å². The van der Waals surface area contributed by atoms with Crippen LogP contribution in [0.4, 0.5) is 0 Å². The van der Waals surface area contributed by atoms with Gasteiger partial charge in [-0.1, -0.05) is 50.6 Å². The molecule has 2 heteroatoms. The van der Waals surface area contributed by atoms with Crippen LogP contribution in [0.5, 0.6) is 0 Å². The van der Waals surface area contributed by atoms with Crippen molar-refractivity contribution in [2.45, 2.75) is 47.0 Å². The molecule has 0 aromatic heterocycles. The minimum absolute atomic E-state index is 0.112. The Morgan fingerprint density at radius 1 is 0.952 bits per heavy atom. The van der Waals surface area contributed by atoms with Crippen molar-refractivity contribution in [1.82, 2.24) is 0 Å². The van der Waals surface area contributed by atoms with E-state index in [4.69, 9.17) is 0 Å². The standard InChI is InChI=1S/C19H30NO/c1-5-13-20(14-6-2,15-7-3)16-12-19(21)18-10-8-17(4)9-11-18/h8-12,16H,5-7,13-15H2,1-4H3/q+1/b16-12+. The summed E-state index contributed by atoms with van der Waals surface area (Å²) >= 11 is 0. The van der Waals surface area contributed by atoms with Crippen LogP contribution in [0.2, 0.25) is 0 Å². The highest BCUT2D eigenvalue weighted by Crippen LogP contribution is 2.14. The van der Waals surface area contributed by atoms with E-state index in [-0.39, 0.29) is 5.78 Å². The van der Waals surface area contributed by atoms with Gasteiger partial charge in [0.2, 0.25) is 0 Å². The van der Waals surface area contributed by atoms with E-state index in [0.717, 1.165) is 48.9 Å². The van der Waals surface area contributed by atoms with Gasteiger partial charge in [0, 0.05) is 11.6 Å². The largest absolute Gasteiger partial charge is 0.297 e. The molecular formula is C19H30NO+. The number of benzene rings is 1. The van der Waals surface area contributed by atoms with Crippen LogP contribution in [0.15, 0.2) is 36.5 Å². The summed E-state index contributed by atoms with van der Waals surface area (Å²) in [6.45, 7) is 12.0. The van der Waals surface area contributed by atoms with E-state index in [2.05, 4.69) is 27.0 Å². The zero-order valence-corrected chi connectivity index (χ0v) is 14.1. The first-order chi connectivity index (χ1) is 10.1. The zero-order valence-electron chi connectivity index (χ0n) is 14.1. The van der Waals surface area contributed by atoms with Gasteiger partial charge < -0.3 is 0 Å². The second-order valence-corrected chi connectivity index (χ2v) is 5.94. The van der Waals surface area contributed by atoms with Crippen LogP contribution in [-0.2, 0) is 0 Å². The Balaban J connectivity index is 2.89. The quantitative estimate of drug-likeness (QED) is 0.364. The molecule has 0 unspecified atom stereocenters. The third kappa shape index (κ3) is 5.47. The number of hydrogen-bond acceptors (Lipinski definition) is 1. The lowest BCUT2D eigenvalue weighted by atomic mass is 10.1. The average Bonchev–Trinajstić information content (AvgIpc) is 2.46. The summed E-state index contributed by atoms with van der Waals surface area (Å²) in [5, 5.41) is 0. The lowest BCUT2D eigenvalue weighted by Gasteiger charge is -2.34. The predicted octanol–water partition coefficient (Wildman–Crippen LogP) is 4.74. The third-order valence-corrected chi connectivity index (χ3v) is 3.89. The summed E-state index contributed by atoms with van der Waals surface area (Å²) in [6.07, 6.45) is 7.35. The summed E-state index contributed by atoms with van der Waals surface area (Å²) in [7, 11) is 0. The number of hydrogen-bond donors (Lipinski definition) is 0. The number of rotatable bonds is 9. The molecule has 0 spiro atoms. The predicted molar refractivity (Wildman–Crippen MR) is 90.4 cm³/mol. The van der Waals surface area contributed by atoms with Gasteiger partial charge in [-0.25, -0.2) is 0 Å². The second-order valence-electron chi connectivity index (χ2n) is 5.94. The molecular weight excluding hydrogens is 258 g/mol. The van der Waals surface area contributed by atoms with Gasteiger partial charge in [0.05, 0.1) is 25.8 Å². The minimum atomic E-state index is 0.112. The molecule has 1 aromatic rings. The lowest BCUT2D eigenvalue weighted by molar-refractivity contribution is -0.879. The van der Waals surface area contributed by atoms with E-state index < -0.39 is 0 Å². The highest BCUT2D eigenvalue weighted by atomic mass is 16.1. The van der Waals surface area contributed by atoms with Crippen LogP contribution in [0.1, 0.15) is 56.0 Å². The van der Waals surface area contributed by atoms with Gasteiger partial charge in [-0.3, -0.25) is 9.28 Å². The van der Waals surface area contributed by atoms with E-state index in [1.165, 1.54) is 5.56 Å². The van der Waals surface area contributed by atoms with Gasteiger partial charge in [-0.15, -0.1) is 0 Å². The fourth-order valence-corrected chi connectivity index (χ4v) is 2.93. The van der Waals surface area contributed by atoms with E-state index in [0.29, 0.717) is 0 Å². The number of ketones is 1. The van der Waals surface area contributed by atoms with E-state index in [1.54, 1.807) is 6.08 Å². The molecule has 1 rings (SSSR count). The van der Waals surface area contributed by atoms with Crippen molar-refractivity contribution in [3.8, 4) is 0 Å². The fourth-order valence-electron chi connectivity index (χ4n) is 2.93. The summed E-state index contributed by atoms with van der Waals surface area (Å²) in [4.78, 5) is 12.3. The maximum absolute atomic E-state index is 12.3. The molecule has 0 amide bonds. The molecule has 2 nitrogen and oxygen atoms in total. The van der Waals surface area contributed by atoms with Crippen molar-refractivity contribution >= 4 is 5.78 Å². The number of allylic oxidation sites excluding steroid dienone is 1. The van der Waals surface area contributed by atoms with Gasteiger partial charge in [0.25, 0.3) is 0 Å². The van der Waals surface area contributed by atoms with Crippen molar-refractivity contribution in [3.05, 3.63) is 47.7 Å². The maximum Gasteiger partial charge on any atom is 0.191 e. The van der Waals surface area contributed by atoms with Crippen molar-refractivity contribution in [2.24, 2.45) is 0 Å². The van der Waals surface area contributed by atoms with Crippen LogP contribution < -0.4 is 0 Å². The van der Waals surface area contributed by atoms with Crippen LogP contribution >= 0.6 is 0 Å². The summed E-state index contributed by atoms with van der Waals surface area (Å²) < 4.78 is 0.932. The first-order valence-electron chi connectivity index (χ1n) is 8.23. The highest BCUT2D eigenvalue weighted by molar-refractivity contribution is 6.04. The second kappa shape index (κ2) is 8.78. The SMILES string of the molecule is CCC[N+](/C=C/C(=O)c1ccc(C)cc1)(CCC)CCC. The topological polar surface area (TPSA) is 17.1 Å². The maximum atomic E-state index is 12.3. The Morgan fingerprint density at radius 2 is 1.43 bits per heavy atom. The van der Waals surface area contributed by atoms with Crippen LogP contribution in [-0.4, -0.2) is 29.9 Å². The van der Waals surface area contributed by atoms with E-state index in [1.807, 2.05) is 31.2 Å². The molecule has 21 heavy (non-hydrogen) atoms. The van der Waals surface area contributed by atoms with Crippen molar-refractivity contribution in [3.63, 3.8) is 0 Å². The molecule has 1 aromatic carbocycles. The highest BCUT2D eigenvalue weighted by Gasteiger charge is 2.22. The molecule has 0 bridgehead atoms.